The van der Waals surface area contributed by atoms with E-state index in [-0.39, 0.29) is 23.8 Å². The van der Waals surface area contributed by atoms with Crippen LogP contribution in [-0.2, 0) is 11.2 Å². The highest BCUT2D eigenvalue weighted by Gasteiger charge is 2.28. The van der Waals surface area contributed by atoms with Crippen molar-refractivity contribution in [3.8, 4) is 5.75 Å². The predicted molar refractivity (Wildman–Crippen MR) is 88.6 cm³/mol. The number of rotatable bonds is 5. The van der Waals surface area contributed by atoms with Crippen molar-refractivity contribution in [3.63, 3.8) is 0 Å². The molecule has 3 aromatic rings. The minimum absolute atomic E-state index is 0.0212. The lowest BCUT2D eigenvalue weighted by atomic mass is 10.1. The Morgan fingerprint density at radius 2 is 1.80 bits per heavy atom. The number of hydrogen-bond donors (Lipinski definition) is 2. The maximum atomic E-state index is 12.3. The van der Waals surface area contributed by atoms with Gasteiger partial charge in [-0.25, -0.2) is 0 Å². The maximum Gasteiger partial charge on any atom is 0.422 e. The van der Waals surface area contributed by atoms with Gasteiger partial charge in [0.2, 0.25) is 5.91 Å². The molecule has 0 bridgehead atoms. The summed E-state index contributed by atoms with van der Waals surface area (Å²) in [6.07, 6.45) is -2.60. The molecule has 2 N–H and O–H groups in total. The van der Waals surface area contributed by atoms with Crippen molar-refractivity contribution in [2.24, 2.45) is 0 Å². The molecule has 0 radical (unpaired) electrons. The van der Waals surface area contributed by atoms with E-state index in [0.717, 1.165) is 16.5 Å². The molecule has 1 heterocycles. The van der Waals surface area contributed by atoms with Crippen LogP contribution in [0.3, 0.4) is 0 Å². The molecule has 0 saturated carbocycles. The van der Waals surface area contributed by atoms with E-state index in [2.05, 4.69) is 10.3 Å². The Morgan fingerprint density at radius 1 is 1.08 bits per heavy atom. The van der Waals surface area contributed by atoms with E-state index in [1.54, 1.807) is 18.3 Å². The first-order valence-corrected chi connectivity index (χ1v) is 7.56. The monoisotopic (exact) mass is 348 g/mol. The van der Waals surface area contributed by atoms with Crippen LogP contribution in [0.4, 0.5) is 18.9 Å². The molecule has 0 unspecified atom stereocenters. The van der Waals surface area contributed by atoms with Crippen LogP contribution in [0.15, 0.2) is 54.7 Å². The number of aromatic amines is 1. The van der Waals surface area contributed by atoms with Crippen molar-refractivity contribution in [3.05, 3.63) is 60.3 Å². The van der Waals surface area contributed by atoms with Crippen LogP contribution in [0.25, 0.3) is 10.9 Å². The number of nitrogens with one attached hydrogen (secondary N) is 2. The van der Waals surface area contributed by atoms with E-state index in [9.17, 15) is 18.0 Å². The molecule has 0 atom stereocenters. The van der Waals surface area contributed by atoms with E-state index in [4.69, 9.17) is 4.74 Å². The lowest BCUT2D eigenvalue weighted by Gasteiger charge is -2.13. The number of H-pyrrole nitrogens is 1. The fraction of sp³-hybridized carbons (Fsp3) is 0.167. The molecule has 3 rings (SSSR count). The second-order valence-corrected chi connectivity index (χ2v) is 5.48. The molecule has 0 aliphatic carbocycles. The van der Waals surface area contributed by atoms with Crippen LogP contribution in [-0.4, -0.2) is 23.7 Å². The first kappa shape index (κ1) is 16.9. The van der Waals surface area contributed by atoms with Gasteiger partial charge in [-0.05, 0) is 23.8 Å². The molecule has 0 spiro atoms. The number of fused-ring (bicyclic) bond motifs is 1. The zero-order chi connectivity index (χ0) is 17.9. The second kappa shape index (κ2) is 6.88. The van der Waals surface area contributed by atoms with E-state index in [0.29, 0.717) is 0 Å². The quantitative estimate of drug-likeness (QED) is 0.723. The Hall–Kier alpha value is -2.96. The van der Waals surface area contributed by atoms with Crippen LogP contribution < -0.4 is 10.1 Å². The van der Waals surface area contributed by atoms with Gasteiger partial charge in [-0.3, -0.25) is 4.79 Å². The molecule has 0 fully saturated rings. The number of hydrogen-bond acceptors (Lipinski definition) is 2. The smallest absolute Gasteiger partial charge is 0.422 e. The van der Waals surface area contributed by atoms with E-state index in [1.807, 2.05) is 24.3 Å². The number of alkyl halides is 3. The molecule has 1 amide bonds. The third-order valence-electron chi connectivity index (χ3n) is 3.58. The molecule has 2 aromatic carbocycles. The number of aromatic nitrogens is 1. The Labute approximate surface area is 141 Å². The summed E-state index contributed by atoms with van der Waals surface area (Å²) in [4.78, 5) is 15.4. The van der Waals surface area contributed by atoms with E-state index in [1.165, 1.54) is 12.1 Å². The van der Waals surface area contributed by atoms with Crippen LogP contribution in [0.5, 0.6) is 5.75 Å². The van der Waals surface area contributed by atoms with Crippen LogP contribution >= 0.6 is 0 Å². The second-order valence-electron chi connectivity index (χ2n) is 5.48. The Bertz CT molecular complexity index is 887. The van der Waals surface area contributed by atoms with Gasteiger partial charge in [0.05, 0.1) is 12.1 Å². The average molecular weight is 348 g/mol. The van der Waals surface area contributed by atoms with Gasteiger partial charge in [-0.2, -0.15) is 13.2 Å². The SMILES string of the molecule is O=C(Cc1c[nH]c2ccccc12)Nc1ccccc1OCC(F)(F)F. The third kappa shape index (κ3) is 4.32. The molecule has 0 saturated heterocycles. The molecule has 0 aliphatic rings. The summed E-state index contributed by atoms with van der Waals surface area (Å²) in [6, 6.07) is 13.6. The number of ether oxygens (including phenoxy) is 1. The highest BCUT2D eigenvalue weighted by molar-refractivity contribution is 5.96. The molecule has 7 heteroatoms. The molecular formula is C18H15F3N2O2. The number of anilines is 1. The predicted octanol–water partition coefficient (Wildman–Crippen LogP) is 4.29. The first-order chi connectivity index (χ1) is 11.9. The van der Waals surface area contributed by atoms with Gasteiger partial charge in [0.25, 0.3) is 0 Å². The average Bonchev–Trinajstić information content (AvgIpc) is 2.96. The molecule has 130 valence electrons. The summed E-state index contributed by atoms with van der Waals surface area (Å²) in [5, 5.41) is 3.53. The fourth-order valence-corrected chi connectivity index (χ4v) is 2.50. The summed E-state index contributed by atoms with van der Waals surface area (Å²) in [5.41, 5.74) is 1.93. The number of halogens is 3. The fourth-order valence-electron chi connectivity index (χ4n) is 2.50. The minimum Gasteiger partial charge on any atom is -0.482 e. The first-order valence-electron chi connectivity index (χ1n) is 7.56. The normalized spacial score (nSPS) is 11.5. The summed E-state index contributed by atoms with van der Waals surface area (Å²) in [7, 11) is 0. The third-order valence-corrected chi connectivity index (χ3v) is 3.58. The minimum atomic E-state index is -4.44. The lowest BCUT2D eigenvalue weighted by molar-refractivity contribution is -0.153. The van der Waals surface area contributed by atoms with Gasteiger partial charge < -0.3 is 15.0 Å². The Kier molecular flexibility index (Phi) is 4.65. The molecule has 0 aliphatic heterocycles. The van der Waals surface area contributed by atoms with Gasteiger partial charge in [0.15, 0.2) is 6.61 Å². The highest BCUT2D eigenvalue weighted by Crippen LogP contribution is 2.27. The summed E-state index contributed by atoms with van der Waals surface area (Å²) in [5.74, 6) is -0.361. The van der Waals surface area contributed by atoms with Crippen LogP contribution in [0.2, 0.25) is 0 Å². The topological polar surface area (TPSA) is 54.1 Å². The Balaban J connectivity index is 1.71. The summed E-state index contributed by atoms with van der Waals surface area (Å²) < 4.78 is 41.7. The van der Waals surface area contributed by atoms with Gasteiger partial charge in [-0.15, -0.1) is 0 Å². The van der Waals surface area contributed by atoms with Crippen LogP contribution in [0, 0.1) is 0 Å². The zero-order valence-corrected chi connectivity index (χ0v) is 13.1. The Morgan fingerprint density at radius 3 is 2.60 bits per heavy atom. The zero-order valence-electron chi connectivity index (χ0n) is 13.1. The highest BCUT2D eigenvalue weighted by atomic mass is 19.4. The van der Waals surface area contributed by atoms with Crippen molar-refractivity contribution in [1.82, 2.24) is 4.98 Å². The number of amides is 1. The van der Waals surface area contributed by atoms with E-state index >= 15 is 0 Å². The van der Waals surface area contributed by atoms with Crippen molar-refractivity contribution >= 4 is 22.5 Å². The molecule has 4 nitrogen and oxygen atoms in total. The van der Waals surface area contributed by atoms with Gasteiger partial charge >= 0.3 is 6.18 Å². The van der Waals surface area contributed by atoms with E-state index < -0.39 is 12.8 Å². The lowest BCUT2D eigenvalue weighted by Crippen LogP contribution is -2.20. The van der Waals surface area contributed by atoms with Crippen molar-refractivity contribution in [1.29, 1.82) is 0 Å². The van der Waals surface area contributed by atoms with Gasteiger partial charge in [0.1, 0.15) is 5.75 Å². The number of benzene rings is 2. The number of carbonyl (C=O) groups excluding carboxylic acids is 1. The number of carbonyl (C=O) groups is 1. The standard InChI is InChI=1S/C18H15F3N2O2/c19-18(20,21)11-25-16-8-4-3-7-15(16)23-17(24)9-12-10-22-14-6-2-1-5-13(12)14/h1-8,10,22H,9,11H2,(H,23,24). The maximum absolute atomic E-state index is 12.3. The van der Waals surface area contributed by atoms with Gasteiger partial charge in [0, 0.05) is 17.1 Å². The van der Waals surface area contributed by atoms with Crippen molar-refractivity contribution in [2.75, 3.05) is 11.9 Å². The summed E-state index contributed by atoms with van der Waals surface area (Å²) in [6.45, 7) is -1.41. The molecular weight excluding hydrogens is 333 g/mol. The summed E-state index contributed by atoms with van der Waals surface area (Å²) >= 11 is 0. The van der Waals surface area contributed by atoms with Crippen molar-refractivity contribution < 1.29 is 22.7 Å². The molecule has 1 aromatic heterocycles. The number of para-hydroxylation sites is 3. The largest absolute Gasteiger partial charge is 0.482 e. The van der Waals surface area contributed by atoms with Crippen molar-refractivity contribution in [2.45, 2.75) is 12.6 Å². The van der Waals surface area contributed by atoms with Gasteiger partial charge in [-0.1, -0.05) is 30.3 Å². The van der Waals surface area contributed by atoms with Crippen LogP contribution in [0.1, 0.15) is 5.56 Å². The molecule has 25 heavy (non-hydrogen) atoms.